The molecule has 4 rings (SSSR count). The van der Waals surface area contributed by atoms with Gasteiger partial charge in [-0.25, -0.2) is 9.07 Å². The van der Waals surface area contributed by atoms with E-state index in [0.29, 0.717) is 41.3 Å². The number of piperazine rings is 1. The Balaban J connectivity index is 1.51. The van der Waals surface area contributed by atoms with Crippen LogP contribution in [0, 0.1) is 24.1 Å². The molecule has 0 saturated carbocycles. The average molecular weight is 491 g/mol. The lowest BCUT2D eigenvalue weighted by atomic mass is 10.0. The number of nitriles is 1. The third-order valence-electron chi connectivity index (χ3n) is 6.46. The third-order valence-corrected chi connectivity index (χ3v) is 6.46. The van der Waals surface area contributed by atoms with Gasteiger partial charge >= 0.3 is 5.97 Å². The van der Waals surface area contributed by atoms with E-state index in [-0.39, 0.29) is 30.4 Å². The molecule has 186 valence electrons. The van der Waals surface area contributed by atoms with Crippen LogP contribution < -0.4 is 10.2 Å². The fraction of sp³-hybridized carbons (Fsp3) is 0.308. The molecule has 2 heterocycles. The lowest BCUT2D eigenvalue weighted by Crippen LogP contribution is -2.58. The first kappa shape index (κ1) is 24.9. The highest BCUT2D eigenvalue weighted by Crippen LogP contribution is 2.28. The molecule has 10 heteroatoms. The number of benzene rings is 2. The summed E-state index contributed by atoms with van der Waals surface area (Å²) in [7, 11) is 0. The number of carboxylic acids is 1. The van der Waals surface area contributed by atoms with Crippen LogP contribution in [0.25, 0.3) is 5.69 Å². The number of anilines is 2. The van der Waals surface area contributed by atoms with Gasteiger partial charge in [0.15, 0.2) is 0 Å². The second-order valence-corrected chi connectivity index (χ2v) is 9.00. The summed E-state index contributed by atoms with van der Waals surface area (Å²) >= 11 is 0. The molecular weight excluding hydrogens is 463 g/mol. The number of aromatic nitrogens is 2. The Morgan fingerprint density at radius 2 is 1.83 bits per heavy atom. The smallest absolute Gasteiger partial charge is 0.317 e. The third kappa shape index (κ3) is 5.06. The summed E-state index contributed by atoms with van der Waals surface area (Å²) < 4.78 is 14.8. The molecule has 2 unspecified atom stereocenters. The lowest BCUT2D eigenvalue weighted by Gasteiger charge is -2.44. The zero-order chi connectivity index (χ0) is 26.0. The molecule has 1 fully saturated rings. The van der Waals surface area contributed by atoms with Crippen LogP contribution >= 0.6 is 0 Å². The van der Waals surface area contributed by atoms with Crippen LogP contribution in [-0.2, 0) is 4.79 Å². The Hall–Kier alpha value is -4.23. The van der Waals surface area contributed by atoms with Crippen LogP contribution in [0.15, 0.2) is 48.7 Å². The molecule has 9 nitrogen and oxygen atoms in total. The highest BCUT2D eigenvalue weighted by molar-refractivity contribution is 6.05. The maximum absolute atomic E-state index is 13.2. The molecule has 0 bridgehead atoms. The van der Waals surface area contributed by atoms with Crippen molar-refractivity contribution < 1.29 is 19.1 Å². The maximum atomic E-state index is 13.2. The Kier molecular flexibility index (Phi) is 7.03. The van der Waals surface area contributed by atoms with E-state index in [2.05, 4.69) is 21.4 Å². The van der Waals surface area contributed by atoms with E-state index in [1.165, 1.54) is 18.3 Å². The predicted octanol–water partition coefficient (Wildman–Crippen LogP) is 3.43. The number of aliphatic carboxylic acids is 1. The summed E-state index contributed by atoms with van der Waals surface area (Å²) in [5.74, 6) is -1.59. The van der Waals surface area contributed by atoms with E-state index >= 15 is 0 Å². The van der Waals surface area contributed by atoms with Gasteiger partial charge in [-0.05, 0) is 63.2 Å². The molecule has 2 atom stereocenters. The van der Waals surface area contributed by atoms with Crippen molar-refractivity contribution in [2.45, 2.75) is 32.9 Å². The summed E-state index contributed by atoms with van der Waals surface area (Å²) in [6, 6.07) is 13.2. The molecule has 1 aliphatic rings. The van der Waals surface area contributed by atoms with E-state index in [4.69, 9.17) is 0 Å². The van der Waals surface area contributed by atoms with Crippen LogP contribution in [0.2, 0.25) is 0 Å². The van der Waals surface area contributed by atoms with Gasteiger partial charge in [0.1, 0.15) is 11.9 Å². The van der Waals surface area contributed by atoms with E-state index in [9.17, 15) is 24.3 Å². The minimum Gasteiger partial charge on any atom is -0.480 e. The van der Waals surface area contributed by atoms with Crippen molar-refractivity contribution in [3.63, 3.8) is 0 Å². The average Bonchev–Trinajstić information content (AvgIpc) is 3.23. The molecular formula is C26H27FN6O3. The summed E-state index contributed by atoms with van der Waals surface area (Å²) in [6.45, 7) is 6.84. The van der Waals surface area contributed by atoms with Gasteiger partial charge in [-0.2, -0.15) is 10.4 Å². The van der Waals surface area contributed by atoms with Crippen LogP contribution in [-0.4, -0.2) is 63.4 Å². The molecule has 0 radical (unpaired) electrons. The minimum absolute atomic E-state index is 0.00334. The molecule has 1 aliphatic heterocycles. The summed E-state index contributed by atoms with van der Waals surface area (Å²) in [5, 5.41) is 26.1. The minimum atomic E-state index is -0.863. The Morgan fingerprint density at radius 3 is 2.44 bits per heavy atom. The second kappa shape index (κ2) is 10.2. The highest BCUT2D eigenvalue weighted by atomic mass is 19.1. The van der Waals surface area contributed by atoms with Gasteiger partial charge in [0.2, 0.25) is 0 Å². The Labute approximate surface area is 208 Å². The SMILES string of the molecule is Cc1c(C(=O)Nc2ccc(N3CC(C)N(CC(=O)O)C(C)C3)c(C#N)c2)cnn1-c1ccc(F)cc1. The van der Waals surface area contributed by atoms with Gasteiger partial charge in [-0.15, -0.1) is 0 Å². The van der Waals surface area contributed by atoms with Crippen molar-refractivity contribution in [3.8, 4) is 11.8 Å². The first-order valence-corrected chi connectivity index (χ1v) is 11.6. The monoisotopic (exact) mass is 490 g/mol. The van der Waals surface area contributed by atoms with E-state index < -0.39 is 5.97 Å². The molecule has 2 N–H and O–H groups in total. The van der Waals surface area contributed by atoms with Crippen LogP contribution in [0.3, 0.4) is 0 Å². The number of amides is 1. The molecule has 3 aromatic rings. The second-order valence-electron chi connectivity index (χ2n) is 9.00. The van der Waals surface area contributed by atoms with Crippen molar-refractivity contribution in [1.82, 2.24) is 14.7 Å². The largest absolute Gasteiger partial charge is 0.480 e. The number of hydrogen-bond donors (Lipinski definition) is 2. The van der Waals surface area contributed by atoms with Gasteiger partial charge in [0, 0.05) is 30.9 Å². The summed E-state index contributed by atoms with van der Waals surface area (Å²) in [4.78, 5) is 28.2. The summed E-state index contributed by atoms with van der Waals surface area (Å²) in [6.07, 6.45) is 1.45. The number of nitrogens with zero attached hydrogens (tertiary/aromatic N) is 5. The first-order chi connectivity index (χ1) is 17.2. The van der Waals surface area contributed by atoms with Crippen molar-refractivity contribution >= 4 is 23.3 Å². The van der Waals surface area contributed by atoms with Crippen LogP contribution in [0.5, 0.6) is 0 Å². The first-order valence-electron chi connectivity index (χ1n) is 11.6. The fourth-order valence-electron chi connectivity index (χ4n) is 4.67. The van der Waals surface area contributed by atoms with E-state index in [1.807, 2.05) is 18.7 Å². The normalized spacial score (nSPS) is 18.0. The molecule has 1 amide bonds. The quantitative estimate of drug-likeness (QED) is 0.544. The predicted molar refractivity (Wildman–Crippen MR) is 133 cm³/mol. The van der Waals surface area contributed by atoms with Gasteiger partial charge in [0.25, 0.3) is 5.91 Å². The molecule has 1 saturated heterocycles. The van der Waals surface area contributed by atoms with Gasteiger partial charge < -0.3 is 15.3 Å². The van der Waals surface area contributed by atoms with Crippen LogP contribution in [0.1, 0.15) is 35.5 Å². The summed E-state index contributed by atoms with van der Waals surface area (Å²) in [5.41, 5.74) is 3.22. The van der Waals surface area contributed by atoms with Crippen LogP contribution in [0.4, 0.5) is 15.8 Å². The Morgan fingerprint density at radius 1 is 1.17 bits per heavy atom. The molecule has 0 spiro atoms. The standard InChI is InChI=1S/C26H27FN6O3/c1-16-13-31(14-17(2)32(16)15-25(34)35)24-9-6-21(10-19(24)11-28)30-26(36)23-12-29-33(18(23)3)22-7-4-20(27)5-8-22/h4-10,12,16-17H,13-15H2,1-3H3,(H,30,36)(H,34,35). The number of rotatable bonds is 6. The van der Waals surface area contributed by atoms with E-state index in [0.717, 1.165) is 5.69 Å². The van der Waals surface area contributed by atoms with Crippen molar-refractivity contribution in [3.05, 3.63) is 71.3 Å². The number of carbonyl (C=O) groups excluding carboxylic acids is 1. The number of carboxylic acid groups (broad SMARTS) is 1. The molecule has 0 aliphatic carbocycles. The number of halogens is 1. The Bertz CT molecular complexity index is 1320. The van der Waals surface area contributed by atoms with Crippen molar-refractivity contribution in [2.24, 2.45) is 0 Å². The maximum Gasteiger partial charge on any atom is 0.317 e. The molecule has 1 aromatic heterocycles. The van der Waals surface area contributed by atoms with Gasteiger partial charge in [-0.1, -0.05) is 0 Å². The van der Waals surface area contributed by atoms with E-state index in [1.54, 1.807) is 41.9 Å². The topological polar surface area (TPSA) is 114 Å². The van der Waals surface area contributed by atoms with Gasteiger partial charge in [0.05, 0.1) is 40.9 Å². The molecule has 36 heavy (non-hydrogen) atoms. The number of hydrogen-bond acceptors (Lipinski definition) is 6. The van der Waals surface area contributed by atoms with Crippen molar-refractivity contribution in [2.75, 3.05) is 29.9 Å². The number of nitrogens with one attached hydrogen (secondary N) is 1. The molecule has 2 aromatic carbocycles. The van der Waals surface area contributed by atoms with Crippen molar-refractivity contribution in [1.29, 1.82) is 5.26 Å². The lowest BCUT2D eigenvalue weighted by molar-refractivity contribution is -0.139. The highest BCUT2D eigenvalue weighted by Gasteiger charge is 2.31. The zero-order valence-electron chi connectivity index (χ0n) is 20.3. The fourth-order valence-corrected chi connectivity index (χ4v) is 4.67. The number of carbonyl (C=O) groups is 2. The zero-order valence-corrected chi connectivity index (χ0v) is 20.3. The van der Waals surface area contributed by atoms with Gasteiger partial charge in [-0.3, -0.25) is 14.5 Å².